The molecule has 0 bridgehead atoms. The van der Waals surface area contributed by atoms with Crippen molar-refractivity contribution in [2.45, 2.75) is 6.92 Å². The van der Waals surface area contributed by atoms with Gasteiger partial charge in [0.15, 0.2) is 5.82 Å². The van der Waals surface area contributed by atoms with Gasteiger partial charge in [0, 0.05) is 49.6 Å². The molecule has 0 unspecified atom stereocenters. The van der Waals surface area contributed by atoms with Crippen molar-refractivity contribution in [2.75, 3.05) is 0 Å². The van der Waals surface area contributed by atoms with Crippen LogP contribution < -0.4 is 0 Å². The summed E-state index contributed by atoms with van der Waals surface area (Å²) in [6.07, 6.45) is 6.10. The molecule has 0 aliphatic rings. The minimum Gasteiger partial charge on any atom is -0.309 e. The van der Waals surface area contributed by atoms with Crippen LogP contribution in [0.4, 0.5) is 0 Å². The Bertz CT molecular complexity index is 3570. The van der Waals surface area contributed by atoms with Crippen molar-refractivity contribution < 1.29 is 0 Å². The van der Waals surface area contributed by atoms with Crippen molar-refractivity contribution in [3.8, 4) is 45.1 Å². The minimum atomic E-state index is 0.665. The fraction of sp³-hybridized carbons (Fsp3) is 0.0169. The van der Waals surface area contributed by atoms with Crippen molar-refractivity contribution in [3.63, 3.8) is 0 Å². The molecule has 3 aromatic heterocycles. The van der Waals surface area contributed by atoms with Gasteiger partial charge in [-0.15, -0.1) is 0 Å². The zero-order valence-corrected chi connectivity index (χ0v) is 34.9. The van der Waals surface area contributed by atoms with E-state index in [1.54, 1.807) is 0 Å². The van der Waals surface area contributed by atoms with Gasteiger partial charge >= 0.3 is 0 Å². The third kappa shape index (κ3) is 6.75. The zero-order valence-electron chi connectivity index (χ0n) is 34.9. The molecule has 0 spiro atoms. The Labute approximate surface area is 366 Å². The number of benzene rings is 8. The van der Waals surface area contributed by atoms with Crippen LogP contribution in [0.25, 0.3) is 99.9 Å². The van der Waals surface area contributed by atoms with Crippen LogP contribution >= 0.6 is 0 Å². The van der Waals surface area contributed by atoms with Crippen LogP contribution in [-0.2, 0) is 0 Å². The van der Waals surface area contributed by atoms with Gasteiger partial charge in [-0.1, -0.05) is 170 Å². The first-order chi connectivity index (χ1) is 31.1. The van der Waals surface area contributed by atoms with E-state index in [-0.39, 0.29) is 0 Å². The van der Waals surface area contributed by atoms with Crippen LogP contribution in [0.15, 0.2) is 231 Å². The summed E-state index contributed by atoms with van der Waals surface area (Å²) in [5.41, 5.74) is 16.0. The fourth-order valence-electron chi connectivity index (χ4n) is 9.12. The quantitative estimate of drug-likeness (QED) is 0.136. The number of nitrogens with zero attached hydrogens (tertiary/aromatic N) is 4. The average Bonchev–Trinajstić information content (AvgIpc) is 3.88. The summed E-state index contributed by atoms with van der Waals surface area (Å²) in [5, 5.41) is 4.91. The van der Waals surface area contributed by atoms with Gasteiger partial charge in [-0.2, -0.15) is 0 Å². The predicted octanol–water partition coefficient (Wildman–Crippen LogP) is 15.3. The highest BCUT2D eigenvalue weighted by Gasteiger charge is 2.21. The number of aromatic nitrogens is 4. The molecule has 0 aliphatic heterocycles. The van der Waals surface area contributed by atoms with E-state index in [1.165, 1.54) is 43.6 Å². The Morgan fingerprint density at radius 2 is 1.10 bits per heavy atom. The monoisotopic (exact) mass is 806 g/mol. The Kier molecular flexibility index (Phi) is 9.52. The summed E-state index contributed by atoms with van der Waals surface area (Å²) in [6.45, 7) is 6.31. The van der Waals surface area contributed by atoms with Gasteiger partial charge in [-0.05, 0) is 89.9 Å². The number of rotatable bonds is 9. The lowest BCUT2D eigenvalue weighted by Gasteiger charge is -2.13. The van der Waals surface area contributed by atoms with Gasteiger partial charge < -0.3 is 9.13 Å². The van der Waals surface area contributed by atoms with Gasteiger partial charge in [-0.25, -0.2) is 9.97 Å². The molecule has 0 saturated carbocycles. The van der Waals surface area contributed by atoms with Gasteiger partial charge in [0.25, 0.3) is 0 Å². The van der Waals surface area contributed by atoms with Crippen molar-refractivity contribution in [1.82, 2.24) is 19.1 Å². The first-order valence-electron chi connectivity index (χ1n) is 21.4. The van der Waals surface area contributed by atoms with E-state index in [1.807, 2.05) is 36.4 Å². The summed E-state index contributed by atoms with van der Waals surface area (Å²) < 4.78 is 4.85. The molecule has 63 heavy (non-hydrogen) atoms. The van der Waals surface area contributed by atoms with Gasteiger partial charge in [0.1, 0.15) is 0 Å². The Balaban J connectivity index is 1.06. The van der Waals surface area contributed by atoms with E-state index >= 15 is 0 Å². The lowest BCUT2D eigenvalue weighted by Crippen LogP contribution is -1.99. The van der Waals surface area contributed by atoms with Crippen LogP contribution in [0.3, 0.4) is 0 Å². The molecule has 4 heteroatoms. The normalized spacial score (nSPS) is 12.1. The molecule has 0 amide bonds. The van der Waals surface area contributed by atoms with E-state index in [0.29, 0.717) is 5.82 Å². The third-order valence-corrected chi connectivity index (χ3v) is 12.0. The summed E-state index contributed by atoms with van der Waals surface area (Å²) in [5.74, 6) is 0.665. The zero-order chi connectivity index (χ0) is 42.3. The summed E-state index contributed by atoms with van der Waals surface area (Å²) in [6, 6.07) is 73.0. The number of para-hydroxylation sites is 3. The first kappa shape index (κ1) is 37.6. The van der Waals surface area contributed by atoms with Crippen molar-refractivity contribution in [2.24, 2.45) is 0 Å². The molecule has 4 nitrogen and oxygen atoms in total. The molecule has 8 aromatic carbocycles. The smallest absolute Gasteiger partial charge is 0.160 e. The Morgan fingerprint density at radius 3 is 1.86 bits per heavy atom. The largest absolute Gasteiger partial charge is 0.309 e. The van der Waals surface area contributed by atoms with Crippen molar-refractivity contribution in [1.29, 1.82) is 0 Å². The third-order valence-electron chi connectivity index (χ3n) is 12.0. The van der Waals surface area contributed by atoms with Gasteiger partial charge in [0.05, 0.1) is 33.5 Å². The highest BCUT2D eigenvalue weighted by Crippen LogP contribution is 2.42. The number of hydrogen-bond donors (Lipinski definition) is 0. The number of allylic oxidation sites excluding steroid dienone is 5. The molecule has 0 fully saturated rings. The average molecular weight is 807 g/mol. The van der Waals surface area contributed by atoms with E-state index in [0.717, 1.165) is 61.7 Å². The highest BCUT2D eigenvalue weighted by molar-refractivity contribution is 6.26. The maximum absolute atomic E-state index is 5.26. The summed E-state index contributed by atoms with van der Waals surface area (Å²) >= 11 is 0. The van der Waals surface area contributed by atoms with Crippen molar-refractivity contribution >= 4 is 54.8 Å². The van der Waals surface area contributed by atoms with Crippen LogP contribution in [0.5, 0.6) is 0 Å². The van der Waals surface area contributed by atoms with Gasteiger partial charge in [-0.3, -0.25) is 0 Å². The maximum Gasteiger partial charge on any atom is 0.160 e. The number of hydrogen-bond acceptors (Lipinski definition) is 2. The molecule has 0 saturated heterocycles. The SMILES string of the molecule is C=C/C=C(\C=C(/C)c1cccc(-n2c3ccccc3c3ccc4c(c5ccccc5n4-c4ccccc4)c32)c1)c1cc(-c2ccccc2)nc(-c2cccc(-c3ccccc3)c2)n1. The second-order valence-corrected chi connectivity index (χ2v) is 15.9. The Hall–Kier alpha value is -8.34. The van der Waals surface area contributed by atoms with Gasteiger partial charge in [0.2, 0.25) is 0 Å². The molecule has 11 rings (SSSR count). The van der Waals surface area contributed by atoms with Crippen molar-refractivity contribution in [3.05, 3.63) is 242 Å². The number of fused-ring (bicyclic) bond motifs is 7. The second-order valence-electron chi connectivity index (χ2n) is 15.9. The summed E-state index contributed by atoms with van der Waals surface area (Å²) in [4.78, 5) is 10.4. The van der Waals surface area contributed by atoms with Crippen LogP contribution in [-0.4, -0.2) is 19.1 Å². The van der Waals surface area contributed by atoms with E-state index in [4.69, 9.17) is 9.97 Å². The molecule has 0 radical (unpaired) electrons. The second kappa shape index (κ2) is 15.9. The Morgan fingerprint density at radius 1 is 0.476 bits per heavy atom. The topological polar surface area (TPSA) is 35.6 Å². The predicted molar refractivity (Wildman–Crippen MR) is 265 cm³/mol. The van der Waals surface area contributed by atoms with Crippen LogP contribution in [0, 0.1) is 0 Å². The van der Waals surface area contributed by atoms with Crippen LogP contribution in [0.1, 0.15) is 18.2 Å². The lowest BCUT2D eigenvalue weighted by molar-refractivity contribution is 1.16. The molecule has 0 atom stereocenters. The molecule has 298 valence electrons. The molecule has 11 aromatic rings. The maximum atomic E-state index is 5.26. The standard InChI is InChI=1S/C59H42N4/c1-3-19-45(53-39-52(42-22-9-5-10-23-42)60-59(61-53)46-26-17-25-44(37-46)41-20-7-4-8-21-41)36-40(2)43-24-18-29-48(38-43)63-54-32-15-13-30-49(54)50-34-35-56-57(58(50)63)51-31-14-16-33-55(51)62(56)47-27-11-6-12-28-47/h3-39H,1H2,2H3/b40-36+,45-19+. The van der Waals surface area contributed by atoms with E-state index < -0.39 is 0 Å². The molecular formula is C59H42N4. The highest BCUT2D eigenvalue weighted by atomic mass is 15.0. The lowest BCUT2D eigenvalue weighted by atomic mass is 10.00. The minimum absolute atomic E-state index is 0.665. The molecule has 0 N–H and O–H groups in total. The van der Waals surface area contributed by atoms with E-state index in [2.05, 4.69) is 211 Å². The molecule has 0 aliphatic carbocycles. The summed E-state index contributed by atoms with van der Waals surface area (Å²) in [7, 11) is 0. The van der Waals surface area contributed by atoms with E-state index in [9.17, 15) is 0 Å². The molecule has 3 heterocycles. The first-order valence-corrected chi connectivity index (χ1v) is 21.4. The van der Waals surface area contributed by atoms with Crippen LogP contribution in [0.2, 0.25) is 0 Å². The fourth-order valence-corrected chi connectivity index (χ4v) is 9.12. The molecular weight excluding hydrogens is 765 g/mol.